The van der Waals surface area contributed by atoms with E-state index in [0.717, 1.165) is 31.3 Å². The summed E-state index contributed by atoms with van der Waals surface area (Å²) < 4.78 is 1.13. The molecule has 3 rings (SSSR count). The third-order valence-corrected chi connectivity index (χ3v) is 5.88. The van der Waals surface area contributed by atoms with E-state index in [9.17, 15) is 9.59 Å². The van der Waals surface area contributed by atoms with Gasteiger partial charge in [0.25, 0.3) is 11.1 Å². The smallest absolute Gasteiger partial charge is 0.268 e. The van der Waals surface area contributed by atoms with E-state index in [4.69, 9.17) is 0 Å². The molecule has 0 radical (unpaired) electrons. The van der Waals surface area contributed by atoms with Crippen molar-refractivity contribution >= 4 is 62.9 Å². The fraction of sp³-hybridized carbons (Fsp3) is 0.125. The van der Waals surface area contributed by atoms with Gasteiger partial charge in [0, 0.05) is 8.45 Å². The molecule has 1 aromatic heterocycles. The zero-order valence-electron chi connectivity index (χ0n) is 11.7. The molecule has 22 heavy (non-hydrogen) atoms. The van der Waals surface area contributed by atoms with Crippen LogP contribution < -0.4 is 0 Å². The van der Waals surface area contributed by atoms with Gasteiger partial charge in [0.15, 0.2) is 0 Å². The second kappa shape index (κ2) is 6.55. The minimum atomic E-state index is -0.207. The van der Waals surface area contributed by atoms with Crippen LogP contribution in [0.3, 0.4) is 0 Å². The number of thioether (sulfide) groups is 1. The average Bonchev–Trinajstić information content (AvgIpc) is 3.00. The van der Waals surface area contributed by atoms with Crippen molar-refractivity contribution in [2.45, 2.75) is 13.5 Å². The highest BCUT2D eigenvalue weighted by Gasteiger charge is 2.35. The van der Waals surface area contributed by atoms with Crippen molar-refractivity contribution in [3.63, 3.8) is 0 Å². The van der Waals surface area contributed by atoms with Crippen molar-refractivity contribution in [2.24, 2.45) is 0 Å². The van der Waals surface area contributed by atoms with E-state index in [1.54, 1.807) is 11.3 Å². The Kier molecular flexibility index (Phi) is 4.70. The standard InChI is InChI=1S/C16H12INO2S2/c1-10-6-7-21-13(10)8-14-15(19)18(16(20)22-14)9-11-2-4-12(17)5-3-11/h2-8H,9H2,1H3/b14-8-. The van der Waals surface area contributed by atoms with Crippen LogP contribution in [0.2, 0.25) is 0 Å². The maximum atomic E-state index is 12.4. The van der Waals surface area contributed by atoms with E-state index in [1.807, 2.05) is 48.7 Å². The van der Waals surface area contributed by atoms with Crippen LogP contribution in [0.25, 0.3) is 6.08 Å². The second-order valence-electron chi connectivity index (χ2n) is 4.86. The molecule has 1 aromatic carbocycles. The van der Waals surface area contributed by atoms with Gasteiger partial charge < -0.3 is 0 Å². The normalized spacial score (nSPS) is 16.8. The van der Waals surface area contributed by atoms with Crippen molar-refractivity contribution in [1.29, 1.82) is 0 Å². The largest absolute Gasteiger partial charge is 0.293 e. The molecule has 3 nitrogen and oxygen atoms in total. The number of thiophene rings is 1. The molecular weight excluding hydrogens is 429 g/mol. The number of amides is 2. The lowest BCUT2D eigenvalue weighted by Gasteiger charge is -2.12. The predicted molar refractivity (Wildman–Crippen MR) is 99.7 cm³/mol. The van der Waals surface area contributed by atoms with Crippen molar-refractivity contribution in [1.82, 2.24) is 4.90 Å². The molecule has 0 saturated carbocycles. The Balaban J connectivity index is 1.81. The molecule has 2 heterocycles. The Bertz CT molecular complexity index is 765. The molecule has 1 aliphatic heterocycles. The average molecular weight is 441 g/mol. The lowest BCUT2D eigenvalue weighted by molar-refractivity contribution is -0.123. The Morgan fingerprint density at radius 1 is 1.18 bits per heavy atom. The maximum absolute atomic E-state index is 12.4. The summed E-state index contributed by atoms with van der Waals surface area (Å²) in [6.07, 6.45) is 1.82. The van der Waals surface area contributed by atoms with E-state index in [0.29, 0.717) is 11.4 Å². The number of carbonyl (C=O) groups is 2. The van der Waals surface area contributed by atoms with E-state index in [2.05, 4.69) is 22.6 Å². The van der Waals surface area contributed by atoms with Crippen molar-refractivity contribution < 1.29 is 9.59 Å². The predicted octanol–water partition coefficient (Wildman–Crippen LogP) is 4.90. The van der Waals surface area contributed by atoms with Crippen molar-refractivity contribution in [3.8, 4) is 0 Å². The quantitative estimate of drug-likeness (QED) is 0.503. The highest BCUT2D eigenvalue weighted by atomic mass is 127. The number of hydrogen-bond donors (Lipinski definition) is 0. The number of benzene rings is 1. The van der Waals surface area contributed by atoms with Crippen LogP contribution in [0.4, 0.5) is 4.79 Å². The van der Waals surface area contributed by atoms with Crippen LogP contribution in [0, 0.1) is 10.5 Å². The third-order valence-electron chi connectivity index (χ3n) is 3.29. The number of nitrogens with zero attached hydrogens (tertiary/aromatic N) is 1. The lowest BCUT2D eigenvalue weighted by atomic mass is 10.2. The van der Waals surface area contributed by atoms with Gasteiger partial charge in [-0.1, -0.05) is 12.1 Å². The Morgan fingerprint density at radius 2 is 1.91 bits per heavy atom. The van der Waals surface area contributed by atoms with E-state index in [1.165, 1.54) is 4.90 Å². The summed E-state index contributed by atoms with van der Waals surface area (Å²) in [6, 6.07) is 9.84. The first-order chi connectivity index (χ1) is 10.5. The van der Waals surface area contributed by atoms with Crippen LogP contribution in [0.5, 0.6) is 0 Å². The number of imide groups is 1. The van der Waals surface area contributed by atoms with Gasteiger partial charge in [0.2, 0.25) is 0 Å². The lowest BCUT2D eigenvalue weighted by Crippen LogP contribution is -2.27. The van der Waals surface area contributed by atoms with Crippen molar-refractivity contribution in [3.05, 3.63) is 60.2 Å². The fourth-order valence-corrected chi connectivity index (χ4v) is 4.17. The first kappa shape index (κ1) is 15.8. The van der Waals surface area contributed by atoms with Gasteiger partial charge in [0.05, 0.1) is 11.4 Å². The first-order valence-corrected chi connectivity index (χ1v) is 9.36. The summed E-state index contributed by atoms with van der Waals surface area (Å²) in [4.78, 5) is 27.4. The second-order valence-corrected chi connectivity index (χ2v) is 8.05. The Labute approximate surface area is 150 Å². The van der Waals surface area contributed by atoms with Crippen LogP contribution in [0.15, 0.2) is 40.6 Å². The Hall–Kier alpha value is -1.12. The third kappa shape index (κ3) is 3.28. The summed E-state index contributed by atoms with van der Waals surface area (Å²) in [5, 5.41) is 1.78. The molecule has 2 amide bonds. The molecule has 2 aromatic rings. The van der Waals surface area contributed by atoms with Crippen LogP contribution >= 0.6 is 45.7 Å². The zero-order chi connectivity index (χ0) is 15.7. The minimum absolute atomic E-state index is 0.205. The number of carbonyl (C=O) groups excluding carboxylic acids is 2. The molecule has 0 atom stereocenters. The summed E-state index contributed by atoms with van der Waals surface area (Å²) in [6.45, 7) is 2.32. The van der Waals surface area contributed by atoms with Crippen LogP contribution in [0.1, 0.15) is 16.0 Å². The molecular formula is C16H12INO2S2. The molecule has 112 valence electrons. The number of rotatable bonds is 3. The molecule has 0 N–H and O–H groups in total. The molecule has 0 aliphatic carbocycles. The molecule has 0 bridgehead atoms. The van der Waals surface area contributed by atoms with Gasteiger partial charge in [-0.05, 0) is 82.1 Å². The SMILES string of the molecule is Cc1ccsc1/C=C1\SC(=O)N(Cc2ccc(I)cc2)C1=O. The molecule has 6 heteroatoms. The number of aryl methyl sites for hydroxylation is 1. The summed E-state index contributed by atoms with van der Waals surface area (Å²) in [5.74, 6) is -0.207. The van der Waals surface area contributed by atoms with Crippen molar-refractivity contribution in [2.75, 3.05) is 0 Å². The van der Waals surface area contributed by atoms with E-state index < -0.39 is 0 Å². The highest BCUT2D eigenvalue weighted by Crippen LogP contribution is 2.34. The summed E-state index contributed by atoms with van der Waals surface area (Å²) in [7, 11) is 0. The molecule has 1 fully saturated rings. The minimum Gasteiger partial charge on any atom is -0.268 e. The van der Waals surface area contributed by atoms with Crippen LogP contribution in [-0.4, -0.2) is 16.0 Å². The maximum Gasteiger partial charge on any atom is 0.293 e. The molecule has 1 saturated heterocycles. The van der Waals surface area contributed by atoms with Gasteiger partial charge in [-0.15, -0.1) is 11.3 Å². The van der Waals surface area contributed by atoms with Gasteiger partial charge in [-0.25, -0.2) is 0 Å². The topological polar surface area (TPSA) is 37.4 Å². The van der Waals surface area contributed by atoms with Gasteiger partial charge in [-0.2, -0.15) is 0 Å². The first-order valence-electron chi connectivity index (χ1n) is 6.58. The van der Waals surface area contributed by atoms with E-state index in [-0.39, 0.29) is 11.1 Å². The fourth-order valence-electron chi connectivity index (χ4n) is 2.06. The van der Waals surface area contributed by atoms with Gasteiger partial charge in [0.1, 0.15) is 0 Å². The monoisotopic (exact) mass is 441 g/mol. The summed E-state index contributed by atoms with van der Waals surface area (Å²) >= 11 is 4.82. The van der Waals surface area contributed by atoms with Gasteiger partial charge >= 0.3 is 0 Å². The highest BCUT2D eigenvalue weighted by molar-refractivity contribution is 14.1. The van der Waals surface area contributed by atoms with Gasteiger partial charge in [-0.3, -0.25) is 14.5 Å². The number of hydrogen-bond acceptors (Lipinski definition) is 4. The number of halogens is 1. The molecule has 1 aliphatic rings. The summed E-state index contributed by atoms with van der Waals surface area (Å²) in [5.41, 5.74) is 2.07. The Morgan fingerprint density at radius 3 is 2.55 bits per heavy atom. The molecule has 0 spiro atoms. The van der Waals surface area contributed by atoms with E-state index >= 15 is 0 Å². The van der Waals surface area contributed by atoms with Crippen LogP contribution in [-0.2, 0) is 11.3 Å². The zero-order valence-corrected chi connectivity index (χ0v) is 15.5. The molecule has 0 unspecified atom stereocenters.